The number of nitrogens with one attached hydrogen (secondary N) is 1. The molecule has 1 rings (SSSR count). The summed E-state index contributed by atoms with van der Waals surface area (Å²) < 4.78 is 26.8. The Labute approximate surface area is 114 Å². The van der Waals surface area contributed by atoms with Crippen molar-refractivity contribution in [2.75, 3.05) is 0 Å². The lowest BCUT2D eigenvalue weighted by atomic mass is 9.98. The Bertz CT molecular complexity index is 555. The standard InChI is InChI=1S/C14H19NO3S/c1-5-14(12(4)16)11(3)15-19(17,18)13-8-6-10(2)7-9-13/h1,6-9,11-12,14-16H,2-4H3/t11-,12+,14+/m0/s1. The van der Waals surface area contributed by atoms with E-state index in [0.717, 1.165) is 5.56 Å². The zero-order valence-electron chi connectivity index (χ0n) is 11.3. The second-order valence-electron chi connectivity index (χ2n) is 4.66. The van der Waals surface area contributed by atoms with Crippen LogP contribution in [0.1, 0.15) is 19.4 Å². The van der Waals surface area contributed by atoms with Gasteiger partial charge in [0.05, 0.1) is 16.9 Å². The lowest BCUT2D eigenvalue weighted by Crippen LogP contribution is -2.41. The van der Waals surface area contributed by atoms with Crippen LogP contribution in [0.2, 0.25) is 0 Å². The average molecular weight is 281 g/mol. The van der Waals surface area contributed by atoms with Crippen molar-refractivity contribution >= 4 is 10.0 Å². The Hall–Kier alpha value is -1.35. The van der Waals surface area contributed by atoms with Crippen LogP contribution >= 0.6 is 0 Å². The zero-order chi connectivity index (χ0) is 14.6. The van der Waals surface area contributed by atoms with Crippen molar-refractivity contribution in [3.05, 3.63) is 29.8 Å². The summed E-state index contributed by atoms with van der Waals surface area (Å²) in [6.45, 7) is 5.07. The van der Waals surface area contributed by atoms with E-state index in [4.69, 9.17) is 6.42 Å². The van der Waals surface area contributed by atoms with Gasteiger partial charge in [-0.05, 0) is 32.9 Å². The number of terminal acetylenes is 1. The Morgan fingerprint density at radius 1 is 1.26 bits per heavy atom. The second-order valence-corrected chi connectivity index (χ2v) is 6.37. The maximum Gasteiger partial charge on any atom is 0.240 e. The highest BCUT2D eigenvalue weighted by Gasteiger charge is 2.25. The van der Waals surface area contributed by atoms with Crippen LogP contribution < -0.4 is 4.72 Å². The van der Waals surface area contributed by atoms with Crippen LogP contribution in [0.5, 0.6) is 0 Å². The maximum atomic E-state index is 12.1. The quantitative estimate of drug-likeness (QED) is 0.799. The highest BCUT2D eigenvalue weighted by Crippen LogP contribution is 2.14. The molecule has 0 saturated carbocycles. The second kappa shape index (κ2) is 6.20. The van der Waals surface area contributed by atoms with E-state index in [-0.39, 0.29) is 4.90 Å². The lowest BCUT2D eigenvalue weighted by Gasteiger charge is -2.22. The van der Waals surface area contributed by atoms with Crippen LogP contribution in [0.15, 0.2) is 29.2 Å². The molecule has 0 heterocycles. The molecule has 104 valence electrons. The first kappa shape index (κ1) is 15.7. The fourth-order valence-electron chi connectivity index (χ4n) is 1.80. The van der Waals surface area contributed by atoms with Crippen LogP contribution in [0.3, 0.4) is 0 Å². The normalized spacial score (nSPS) is 16.4. The topological polar surface area (TPSA) is 66.4 Å². The predicted molar refractivity (Wildman–Crippen MR) is 75.0 cm³/mol. The van der Waals surface area contributed by atoms with E-state index >= 15 is 0 Å². The minimum Gasteiger partial charge on any atom is -0.392 e. The lowest BCUT2D eigenvalue weighted by molar-refractivity contribution is 0.139. The highest BCUT2D eigenvalue weighted by molar-refractivity contribution is 7.89. The molecule has 19 heavy (non-hydrogen) atoms. The number of sulfonamides is 1. The van der Waals surface area contributed by atoms with E-state index in [2.05, 4.69) is 10.6 Å². The van der Waals surface area contributed by atoms with Gasteiger partial charge in [0.25, 0.3) is 0 Å². The van der Waals surface area contributed by atoms with Gasteiger partial charge < -0.3 is 5.11 Å². The van der Waals surface area contributed by atoms with Gasteiger partial charge in [0, 0.05) is 6.04 Å². The summed E-state index contributed by atoms with van der Waals surface area (Å²) in [4.78, 5) is 0.186. The van der Waals surface area contributed by atoms with Crippen LogP contribution in [-0.2, 0) is 10.0 Å². The minimum atomic E-state index is -3.62. The third-order valence-corrected chi connectivity index (χ3v) is 4.50. The number of hydrogen-bond donors (Lipinski definition) is 2. The summed E-state index contributed by atoms with van der Waals surface area (Å²) >= 11 is 0. The van der Waals surface area contributed by atoms with Crippen molar-refractivity contribution < 1.29 is 13.5 Å². The largest absolute Gasteiger partial charge is 0.392 e. The van der Waals surface area contributed by atoms with Crippen molar-refractivity contribution in [1.82, 2.24) is 4.72 Å². The Morgan fingerprint density at radius 3 is 2.21 bits per heavy atom. The molecular formula is C14H19NO3S. The van der Waals surface area contributed by atoms with E-state index in [9.17, 15) is 13.5 Å². The molecule has 0 bridgehead atoms. The van der Waals surface area contributed by atoms with Crippen LogP contribution in [0.25, 0.3) is 0 Å². The molecule has 2 N–H and O–H groups in total. The summed E-state index contributed by atoms with van der Waals surface area (Å²) in [5.41, 5.74) is 0.984. The van der Waals surface area contributed by atoms with Gasteiger partial charge in [-0.3, -0.25) is 0 Å². The first-order valence-electron chi connectivity index (χ1n) is 6.01. The highest BCUT2D eigenvalue weighted by atomic mass is 32.2. The Kier molecular flexibility index (Phi) is 5.12. The molecule has 1 aromatic rings. The molecule has 5 heteroatoms. The number of rotatable bonds is 5. The van der Waals surface area contributed by atoms with Crippen LogP contribution in [0, 0.1) is 25.2 Å². The molecule has 4 nitrogen and oxygen atoms in total. The van der Waals surface area contributed by atoms with Gasteiger partial charge >= 0.3 is 0 Å². The molecule has 0 fully saturated rings. The molecule has 0 aromatic heterocycles. The summed E-state index contributed by atoms with van der Waals surface area (Å²) in [5, 5.41) is 9.51. The van der Waals surface area contributed by atoms with Crippen molar-refractivity contribution in [3.63, 3.8) is 0 Å². The zero-order valence-corrected chi connectivity index (χ0v) is 12.1. The SMILES string of the molecule is C#C[C@H]([C@H](C)NS(=O)(=O)c1ccc(C)cc1)[C@@H](C)O. The summed E-state index contributed by atoms with van der Waals surface area (Å²) in [6, 6.07) is 5.99. The average Bonchev–Trinajstić information content (AvgIpc) is 2.29. The molecule has 0 spiro atoms. The summed E-state index contributed by atoms with van der Waals surface area (Å²) in [6.07, 6.45) is 4.53. The van der Waals surface area contributed by atoms with Crippen molar-refractivity contribution in [2.24, 2.45) is 5.92 Å². The van der Waals surface area contributed by atoms with Crippen molar-refractivity contribution in [3.8, 4) is 12.3 Å². The molecule has 0 amide bonds. The number of hydrogen-bond acceptors (Lipinski definition) is 3. The Balaban J connectivity index is 2.92. The number of benzene rings is 1. The number of aliphatic hydroxyl groups is 1. The molecule has 0 radical (unpaired) electrons. The van der Waals surface area contributed by atoms with Crippen LogP contribution in [0.4, 0.5) is 0 Å². The van der Waals surface area contributed by atoms with E-state index in [1.54, 1.807) is 26.0 Å². The van der Waals surface area contributed by atoms with Gasteiger partial charge in [0.2, 0.25) is 10.0 Å². The number of aliphatic hydroxyl groups excluding tert-OH is 1. The molecular weight excluding hydrogens is 262 g/mol. The van der Waals surface area contributed by atoms with Crippen LogP contribution in [-0.4, -0.2) is 25.7 Å². The van der Waals surface area contributed by atoms with Gasteiger partial charge in [0.15, 0.2) is 0 Å². The third kappa shape index (κ3) is 4.06. The first-order valence-corrected chi connectivity index (χ1v) is 7.49. The summed E-state index contributed by atoms with van der Waals surface area (Å²) in [5.74, 6) is 1.84. The van der Waals surface area contributed by atoms with E-state index in [1.165, 1.54) is 12.1 Å². The minimum absolute atomic E-state index is 0.186. The smallest absolute Gasteiger partial charge is 0.240 e. The van der Waals surface area contributed by atoms with E-state index in [0.29, 0.717) is 0 Å². The molecule has 0 saturated heterocycles. The molecule has 0 aliphatic rings. The van der Waals surface area contributed by atoms with Gasteiger partial charge in [-0.1, -0.05) is 23.6 Å². The Morgan fingerprint density at radius 2 is 1.79 bits per heavy atom. The van der Waals surface area contributed by atoms with E-state index < -0.39 is 28.1 Å². The van der Waals surface area contributed by atoms with Gasteiger partial charge in [-0.2, -0.15) is 0 Å². The van der Waals surface area contributed by atoms with Gasteiger partial charge in [-0.15, -0.1) is 6.42 Å². The fourth-order valence-corrected chi connectivity index (χ4v) is 3.07. The van der Waals surface area contributed by atoms with Gasteiger partial charge in [0.1, 0.15) is 0 Å². The number of aryl methyl sites for hydroxylation is 1. The fraction of sp³-hybridized carbons (Fsp3) is 0.429. The van der Waals surface area contributed by atoms with E-state index in [1.807, 2.05) is 6.92 Å². The third-order valence-electron chi connectivity index (χ3n) is 2.92. The molecule has 0 unspecified atom stereocenters. The van der Waals surface area contributed by atoms with Crippen molar-refractivity contribution in [2.45, 2.75) is 37.8 Å². The maximum absolute atomic E-state index is 12.1. The molecule has 0 aliphatic carbocycles. The first-order chi connectivity index (χ1) is 8.77. The van der Waals surface area contributed by atoms with Gasteiger partial charge in [-0.25, -0.2) is 13.1 Å². The molecule has 0 aliphatic heterocycles. The molecule has 3 atom stereocenters. The predicted octanol–water partition coefficient (Wildman–Crippen LogP) is 1.29. The van der Waals surface area contributed by atoms with Crippen molar-refractivity contribution in [1.29, 1.82) is 0 Å². The molecule has 1 aromatic carbocycles. The monoisotopic (exact) mass is 281 g/mol. The summed E-state index contributed by atoms with van der Waals surface area (Å²) in [7, 11) is -3.62.